The average molecular weight is 482 g/mol. The van der Waals surface area contributed by atoms with Crippen LogP contribution < -0.4 is 0 Å². The minimum Gasteiger partial charge on any atom is -0.462 e. The first kappa shape index (κ1) is 24.1. The highest BCUT2D eigenvalue weighted by Crippen LogP contribution is 2.18. The normalized spacial score (nSPS) is 16.1. The molecule has 0 N–H and O–H groups in total. The zero-order valence-electron chi connectivity index (χ0n) is 19.7. The fourth-order valence-corrected chi connectivity index (χ4v) is 4.20. The summed E-state index contributed by atoms with van der Waals surface area (Å²) < 4.78 is 6.65. The second kappa shape index (κ2) is 10.1. The molecule has 0 bridgehead atoms. The van der Waals surface area contributed by atoms with Crippen molar-refractivity contribution in [2.75, 3.05) is 39.3 Å². The van der Waals surface area contributed by atoms with E-state index >= 15 is 0 Å². The van der Waals surface area contributed by atoms with Crippen LogP contribution in [0.25, 0.3) is 5.69 Å². The van der Waals surface area contributed by atoms with E-state index in [4.69, 9.17) is 4.74 Å². The van der Waals surface area contributed by atoms with Crippen LogP contribution in [-0.4, -0.2) is 93.4 Å². The molecule has 4 amide bonds. The number of imide groups is 1. The smallest absolute Gasteiger partial charge is 0.341 e. The summed E-state index contributed by atoms with van der Waals surface area (Å²) >= 11 is 0. The number of likely N-dealkylation sites (tertiary alicyclic amines) is 1. The monoisotopic (exact) mass is 481 g/mol. The van der Waals surface area contributed by atoms with Gasteiger partial charge in [-0.2, -0.15) is 5.10 Å². The van der Waals surface area contributed by atoms with Gasteiger partial charge in [0, 0.05) is 44.6 Å². The van der Waals surface area contributed by atoms with Crippen molar-refractivity contribution in [3.05, 3.63) is 47.3 Å². The van der Waals surface area contributed by atoms with Gasteiger partial charge in [-0.15, -0.1) is 0 Å². The van der Waals surface area contributed by atoms with Gasteiger partial charge in [-0.05, 0) is 38.1 Å². The van der Waals surface area contributed by atoms with E-state index in [9.17, 15) is 24.0 Å². The molecule has 0 unspecified atom stereocenters. The van der Waals surface area contributed by atoms with Crippen molar-refractivity contribution >= 4 is 29.6 Å². The molecule has 11 heteroatoms. The highest BCUT2D eigenvalue weighted by molar-refractivity contribution is 6.04. The lowest BCUT2D eigenvalue weighted by atomic mass is 10.1. The summed E-state index contributed by atoms with van der Waals surface area (Å²) in [5, 5.41) is 4.26. The number of rotatable bonds is 6. The molecule has 184 valence electrons. The Morgan fingerprint density at radius 1 is 0.943 bits per heavy atom. The summed E-state index contributed by atoms with van der Waals surface area (Å²) in [5.74, 6) is -1.51. The predicted octanol–water partition coefficient (Wildman–Crippen LogP) is 0.791. The van der Waals surface area contributed by atoms with Crippen LogP contribution in [0.2, 0.25) is 0 Å². The van der Waals surface area contributed by atoms with E-state index < -0.39 is 5.97 Å². The molecule has 1 aromatic carbocycles. The first-order chi connectivity index (χ1) is 16.8. The van der Waals surface area contributed by atoms with Crippen LogP contribution >= 0.6 is 0 Å². The summed E-state index contributed by atoms with van der Waals surface area (Å²) in [4.78, 5) is 65.3. The summed E-state index contributed by atoms with van der Waals surface area (Å²) in [7, 11) is 0. The fraction of sp³-hybridized carbons (Fsp3) is 0.417. The number of ether oxygens (including phenoxy) is 1. The third-order valence-corrected chi connectivity index (χ3v) is 6.23. The van der Waals surface area contributed by atoms with Crippen molar-refractivity contribution in [2.45, 2.75) is 26.7 Å². The summed E-state index contributed by atoms with van der Waals surface area (Å²) in [6.45, 7) is 4.94. The average Bonchev–Trinajstić information content (AvgIpc) is 3.41. The Hall–Kier alpha value is -4.02. The lowest BCUT2D eigenvalue weighted by molar-refractivity contribution is -0.146. The molecule has 2 saturated heterocycles. The van der Waals surface area contributed by atoms with Gasteiger partial charge in [-0.25, -0.2) is 9.48 Å². The van der Waals surface area contributed by atoms with Gasteiger partial charge < -0.3 is 14.5 Å². The van der Waals surface area contributed by atoms with Gasteiger partial charge in [-0.3, -0.25) is 24.1 Å². The van der Waals surface area contributed by atoms with Crippen LogP contribution in [0.4, 0.5) is 0 Å². The Labute approximate surface area is 202 Å². The van der Waals surface area contributed by atoms with E-state index in [0.717, 1.165) is 4.90 Å². The number of carbonyl (C=O) groups is 5. The number of aromatic nitrogens is 2. The molecule has 11 nitrogen and oxygen atoms in total. The van der Waals surface area contributed by atoms with Crippen LogP contribution in [0.15, 0.2) is 30.5 Å². The molecule has 0 aliphatic carbocycles. The third kappa shape index (κ3) is 4.93. The van der Waals surface area contributed by atoms with Crippen molar-refractivity contribution < 1.29 is 28.7 Å². The van der Waals surface area contributed by atoms with E-state index in [1.165, 1.54) is 6.20 Å². The molecule has 35 heavy (non-hydrogen) atoms. The van der Waals surface area contributed by atoms with Crippen molar-refractivity contribution in [3.63, 3.8) is 0 Å². The molecule has 2 aliphatic heterocycles. The van der Waals surface area contributed by atoms with Gasteiger partial charge in [0.15, 0.2) is 0 Å². The fourth-order valence-electron chi connectivity index (χ4n) is 4.20. The third-order valence-electron chi connectivity index (χ3n) is 6.23. The molecule has 1 aromatic heterocycles. The topological polar surface area (TPSA) is 122 Å². The van der Waals surface area contributed by atoms with Crippen molar-refractivity contribution in [2.24, 2.45) is 0 Å². The Morgan fingerprint density at radius 2 is 1.54 bits per heavy atom. The molecular weight excluding hydrogens is 454 g/mol. The number of piperazine rings is 1. The van der Waals surface area contributed by atoms with Gasteiger partial charge in [-0.1, -0.05) is 0 Å². The lowest BCUT2D eigenvalue weighted by Crippen LogP contribution is -2.53. The number of esters is 1. The highest BCUT2D eigenvalue weighted by atomic mass is 16.5. The van der Waals surface area contributed by atoms with Crippen molar-refractivity contribution in [1.29, 1.82) is 0 Å². The van der Waals surface area contributed by atoms with Gasteiger partial charge in [0.2, 0.25) is 17.7 Å². The Balaban J connectivity index is 1.34. The predicted molar refractivity (Wildman–Crippen MR) is 123 cm³/mol. The van der Waals surface area contributed by atoms with Crippen LogP contribution in [-0.2, 0) is 19.1 Å². The molecular formula is C24H27N5O6. The van der Waals surface area contributed by atoms with Crippen LogP contribution in [0, 0.1) is 6.92 Å². The molecule has 0 radical (unpaired) electrons. The van der Waals surface area contributed by atoms with Gasteiger partial charge in [0.05, 0.1) is 24.2 Å². The zero-order chi connectivity index (χ0) is 25.1. The van der Waals surface area contributed by atoms with Crippen LogP contribution in [0.3, 0.4) is 0 Å². The van der Waals surface area contributed by atoms with Gasteiger partial charge in [0.25, 0.3) is 5.91 Å². The standard InChI is InChI=1S/C24H27N5O6/c1-3-35-24(34)19-14-25-29(16(19)2)18-6-4-17(5-7-18)23(33)27-12-10-26(11-13-27)22(32)15-28-20(30)8-9-21(28)31/h4-7,14H,3,8-13,15H2,1-2H3. The molecule has 0 atom stereocenters. The maximum absolute atomic E-state index is 13.0. The summed E-state index contributed by atoms with van der Waals surface area (Å²) in [6.07, 6.45) is 1.77. The Bertz CT molecular complexity index is 1150. The van der Waals surface area contributed by atoms with Gasteiger partial charge >= 0.3 is 5.97 Å². The largest absolute Gasteiger partial charge is 0.462 e. The summed E-state index contributed by atoms with van der Waals surface area (Å²) in [5.41, 5.74) is 2.23. The molecule has 0 spiro atoms. The van der Waals surface area contributed by atoms with E-state index in [1.807, 2.05) is 0 Å². The number of amides is 4. The molecule has 2 aromatic rings. The lowest BCUT2D eigenvalue weighted by Gasteiger charge is -2.35. The van der Waals surface area contributed by atoms with E-state index in [2.05, 4.69) is 5.10 Å². The Kier molecular flexibility index (Phi) is 6.94. The second-order valence-corrected chi connectivity index (χ2v) is 8.37. The molecule has 2 fully saturated rings. The maximum Gasteiger partial charge on any atom is 0.341 e. The quantitative estimate of drug-likeness (QED) is 0.442. The molecule has 0 saturated carbocycles. The van der Waals surface area contributed by atoms with E-state index in [0.29, 0.717) is 48.7 Å². The number of hydrogen-bond donors (Lipinski definition) is 0. The number of hydrogen-bond acceptors (Lipinski definition) is 7. The maximum atomic E-state index is 13.0. The number of benzene rings is 1. The van der Waals surface area contributed by atoms with Crippen LogP contribution in [0.1, 0.15) is 46.2 Å². The second-order valence-electron chi connectivity index (χ2n) is 8.37. The number of nitrogens with zero attached hydrogens (tertiary/aromatic N) is 5. The van der Waals surface area contributed by atoms with Gasteiger partial charge in [0.1, 0.15) is 12.1 Å². The van der Waals surface area contributed by atoms with E-state index in [1.54, 1.807) is 52.6 Å². The zero-order valence-corrected chi connectivity index (χ0v) is 19.7. The summed E-state index contributed by atoms with van der Waals surface area (Å²) in [6, 6.07) is 6.91. The molecule has 4 rings (SSSR count). The highest BCUT2D eigenvalue weighted by Gasteiger charge is 2.33. The minimum absolute atomic E-state index is 0.152. The first-order valence-electron chi connectivity index (χ1n) is 11.5. The van der Waals surface area contributed by atoms with E-state index in [-0.39, 0.29) is 49.6 Å². The van der Waals surface area contributed by atoms with Crippen molar-refractivity contribution in [1.82, 2.24) is 24.5 Å². The SMILES string of the molecule is CCOC(=O)c1cnn(-c2ccc(C(=O)N3CCN(C(=O)CN4C(=O)CCC4=O)CC3)cc2)c1C. The van der Waals surface area contributed by atoms with Crippen molar-refractivity contribution in [3.8, 4) is 5.69 Å². The molecule has 3 heterocycles. The Morgan fingerprint density at radius 3 is 2.14 bits per heavy atom. The minimum atomic E-state index is -0.431. The molecule has 2 aliphatic rings. The van der Waals surface area contributed by atoms with Crippen LogP contribution in [0.5, 0.6) is 0 Å². The first-order valence-corrected chi connectivity index (χ1v) is 11.5. The number of carbonyl (C=O) groups excluding carboxylic acids is 5.